The Labute approximate surface area is 193 Å². The Morgan fingerprint density at radius 1 is 1.19 bits per heavy atom. The number of carbonyl (C=O) groups is 2. The second-order valence-electron chi connectivity index (χ2n) is 6.46. The normalized spacial score (nSPS) is 10.4. The summed E-state index contributed by atoms with van der Waals surface area (Å²) in [7, 11) is 0. The summed E-state index contributed by atoms with van der Waals surface area (Å²) < 4.78 is 16.4. The summed E-state index contributed by atoms with van der Waals surface area (Å²) in [6, 6.07) is 4.97. The Balaban J connectivity index is 1.71. The topological polar surface area (TPSA) is 99.6 Å². The molecular weight excluding hydrogens is 450 g/mol. The van der Waals surface area contributed by atoms with Crippen LogP contribution in [0.15, 0.2) is 42.6 Å². The van der Waals surface area contributed by atoms with Crippen molar-refractivity contribution in [2.45, 2.75) is 20.3 Å². The minimum atomic E-state index is -0.475. The summed E-state index contributed by atoms with van der Waals surface area (Å²) in [4.78, 5) is 34.4. The molecule has 1 aromatic carbocycles. The summed E-state index contributed by atoms with van der Waals surface area (Å²) >= 11 is 2.63. The van der Waals surface area contributed by atoms with E-state index in [2.05, 4.69) is 21.9 Å². The van der Waals surface area contributed by atoms with Crippen LogP contribution in [0.4, 0.5) is 5.13 Å². The van der Waals surface area contributed by atoms with Gasteiger partial charge in [-0.25, -0.2) is 14.8 Å². The molecule has 8 nitrogen and oxygen atoms in total. The smallest absolute Gasteiger partial charge is 0.350 e. The molecular formula is C22H23N3O5S2. The van der Waals surface area contributed by atoms with E-state index < -0.39 is 11.9 Å². The summed E-state index contributed by atoms with van der Waals surface area (Å²) in [5.74, 6) is 0.109. The number of amides is 1. The molecule has 3 rings (SSSR count). The standard InChI is InChI=1S/C22H23N3O5S2/c1-4-7-29-16-9-15(10-17(11-16)30-8-6-18-14(3)24-13-31-18)20(26)25-22-23-12-19(32-22)21(27)28-5-2/h4,9-13H,1,5-8H2,2-3H3,(H,23,25,26). The maximum Gasteiger partial charge on any atom is 0.350 e. The number of benzene rings is 1. The van der Waals surface area contributed by atoms with E-state index in [1.807, 2.05) is 12.4 Å². The number of hydrogen-bond donors (Lipinski definition) is 1. The molecule has 0 aliphatic rings. The Kier molecular flexibility index (Phi) is 8.34. The van der Waals surface area contributed by atoms with Gasteiger partial charge in [0, 0.05) is 22.9 Å². The molecule has 2 heterocycles. The molecule has 10 heteroatoms. The van der Waals surface area contributed by atoms with E-state index in [4.69, 9.17) is 14.2 Å². The lowest BCUT2D eigenvalue weighted by molar-refractivity contribution is 0.0531. The molecule has 0 radical (unpaired) electrons. The third kappa shape index (κ3) is 6.38. The number of carbonyl (C=O) groups excluding carboxylic acids is 2. The zero-order chi connectivity index (χ0) is 22.9. The number of rotatable bonds is 11. The van der Waals surface area contributed by atoms with Crippen molar-refractivity contribution < 1.29 is 23.8 Å². The molecule has 2 aromatic heterocycles. The molecule has 0 saturated carbocycles. The van der Waals surface area contributed by atoms with Gasteiger partial charge in [-0.3, -0.25) is 10.1 Å². The first kappa shape index (κ1) is 23.4. The van der Waals surface area contributed by atoms with Gasteiger partial charge in [0.15, 0.2) is 5.13 Å². The lowest BCUT2D eigenvalue weighted by Crippen LogP contribution is -2.12. The molecule has 0 aliphatic carbocycles. The summed E-state index contributed by atoms with van der Waals surface area (Å²) in [5, 5.41) is 2.99. The van der Waals surface area contributed by atoms with Crippen molar-refractivity contribution in [2.24, 2.45) is 0 Å². The fourth-order valence-corrected chi connectivity index (χ4v) is 4.12. The first-order valence-corrected chi connectivity index (χ1v) is 11.5. The third-order valence-corrected chi connectivity index (χ3v) is 6.04. The molecule has 0 spiro atoms. The number of hydrogen-bond acceptors (Lipinski definition) is 9. The van der Waals surface area contributed by atoms with Crippen molar-refractivity contribution in [1.82, 2.24) is 9.97 Å². The van der Waals surface area contributed by atoms with Gasteiger partial charge in [0.2, 0.25) is 0 Å². The van der Waals surface area contributed by atoms with Crippen LogP contribution in [0.3, 0.4) is 0 Å². The maximum atomic E-state index is 12.8. The molecule has 0 unspecified atom stereocenters. The molecule has 0 aliphatic heterocycles. The SMILES string of the molecule is C=CCOc1cc(OCCc2scnc2C)cc(C(=O)Nc2ncc(C(=O)OCC)s2)c1. The zero-order valence-electron chi connectivity index (χ0n) is 17.8. The molecule has 0 fully saturated rings. The summed E-state index contributed by atoms with van der Waals surface area (Å²) in [6.07, 6.45) is 3.70. The van der Waals surface area contributed by atoms with Gasteiger partial charge >= 0.3 is 5.97 Å². The van der Waals surface area contributed by atoms with Gasteiger partial charge in [-0.15, -0.1) is 11.3 Å². The minimum Gasteiger partial charge on any atom is -0.493 e. The first-order chi connectivity index (χ1) is 15.5. The molecule has 3 aromatic rings. The molecule has 0 atom stereocenters. The van der Waals surface area contributed by atoms with Gasteiger partial charge in [0.05, 0.1) is 30.6 Å². The van der Waals surface area contributed by atoms with Crippen molar-refractivity contribution in [3.8, 4) is 11.5 Å². The average Bonchev–Trinajstić information content (AvgIpc) is 3.41. The van der Waals surface area contributed by atoms with Gasteiger partial charge in [0.1, 0.15) is 23.0 Å². The largest absolute Gasteiger partial charge is 0.493 e. The fourth-order valence-electron chi connectivity index (χ4n) is 2.65. The monoisotopic (exact) mass is 473 g/mol. The second-order valence-corrected chi connectivity index (χ2v) is 8.43. The van der Waals surface area contributed by atoms with Crippen molar-refractivity contribution >= 4 is 39.7 Å². The molecule has 0 saturated heterocycles. The lowest BCUT2D eigenvalue weighted by atomic mass is 10.2. The van der Waals surface area contributed by atoms with E-state index in [-0.39, 0.29) is 6.61 Å². The molecule has 168 valence electrons. The minimum absolute atomic E-state index is 0.265. The van der Waals surface area contributed by atoms with Crippen LogP contribution in [0.2, 0.25) is 0 Å². The number of thiazole rings is 2. The van der Waals surface area contributed by atoms with Crippen LogP contribution in [-0.4, -0.2) is 41.7 Å². The number of aromatic nitrogens is 2. The Hall–Kier alpha value is -3.24. The van der Waals surface area contributed by atoms with E-state index >= 15 is 0 Å². The predicted octanol–water partition coefficient (Wildman–Crippen LogP) is 4.52. The fraction of sp³-hybridized carbons (Fsp3) is 0.273. The molecule has 1 N–H and O–H groups in total. The highest BCUT2D eigenvalue weighted by Gasteiger charge is 2.16. The van der Waals surface area contributed by atoms with Gasteiger partial charge in [0.25, 0.3) is 5.91 Å². The van der Waals surface area contributed by atoms with Crippen LogP contribution >= 0.6 is 22.7 Å². The first-order valence-electron chi connectivity index (χ1n) is 9.85. The number of nitrogens with zero attached hydrogens (tertiary/aromatic N) is 2. The lowest BCUT2D eigenvalue weighted by Gasteiger charge is -2.11. The Morgan fingerprint density at radius 3 is 2.66 bits per heavy atom. The van der Waals surface area contributed by atoms with Crippen LogP contribution < -0.4 is 14.8 Å². The summed E-state index contributed by atoms with van der Waals surface area (Å²) in [5.41, 5.74) is 3.14. The van der Waals surface area contributed by atoms with Crippen LogP contribution in [0, 0.1) is 6.92 Å². The second kappa shape index (κ2) is 11.4. The molecule has 32 heavy (non-hydrogen) atoms. The highest BCUT2D eigenvalue weighted by atomic mass is 32.1. The predicted molar refractivity (Wildman–Crippen MR) is 124 cm³/mol. The maximum absolute atomic E-state index is 12.8. The van der Waals surface area contributed by atoms with Crippen LogP contribution in [-0.2, 0) is 11.2 Å². The number of anilines is 1. The van der Waals surface area contributed by atoms with Gasteiger partial charge in [-0.05, 0) is 26.0 Å². The highest BCUT2D eigenvalue weighted by molar-refractivity contribution is 7.17. The van der Waals surface area contributed by atoms with E-state index in [1.165, 1.54) is 6.20 Å². The van der Waals surface area contributed by atoms with Crippen LogP contribution in [0.5, 0.6) is 11.5 Å². The molecule has 0 bridgehead atoms. The number of aryl methyl sites for hydroxylation is 1. The zero-order valence-corrected chi connectivity index (χ0v) is 19.4. The highest BCUT2D eigenvalue weighted by Crippen LogP contribution is 2.26. The van der Waals surface area contributed by atoms with Crippen molar-refractivity contribution in [1.29, 1.82) is 0 Å². The van der Waals surface area contributed by atoms with Gasteiger partial charge < -0.3 is 14.2 Å². The van der Waals surface area contributed by atoms with Crippen molar-refractivity contribution in [2.75, 3.05) is 25.1 Å². The van der Waals surface area contributed by atoms with Gasteiger partial charge in [-0.1, -0.05) is 24.0 Å². The summed E-state index contributed by atoms with van der Waals surface area (Å²) in [6.45, 7) is 8.32. The van der Waals surface area contributed by atoms with Crippen molar-refractivity contribution in [3.05, 3.63) is 63.6 Å². The average molecular weight is 474 g/mol. The number of esters is 1. The quantitative estimate of drug-likeness (QED) is 0.323. The number of ether oxygens (including phenoxy) is 3. The van der Waals surface area contributed by atoms with Crippen LogP contribution in [0.25, 0.3) is 0 Å². The van der Waals surface area contributed by atoms with Crippen molar-refractivity contribution in [3.63, 3.8) is 0 Å². The van der Waals surface area contributed by atoms with E-state index in [9.17, 15) is 9.59 Å². The van der Waals surface area contributed by atoms with Gasteiger partial charge in [-0.2, -0.15) is 0 Å². The molecule has 1 amide bonds. The van der Waals surface area contributed by atoms with Crippen LogP contribution in [0.1, 0.15) is 37.5 Å². The third-order valence-electron chi connectivity index (χ3n) is 4.16. The van der Waals surface area contributed by atoms with E-state index in [0.717, 1.165) is 21.9 Å². The van der Waals surface area contributed by atoms with E-state index in [0.29, 0.717) is 46.7 Å². The number of nitrogens with one attached hydrogen (secondary N) is 1. The van der Waals surface area contributed by atoms with E-state index in [1.54, 1.807) is 42.5 Å². The Morgan fingerprint density at radius 2 is 1.97 bits per heavy atom. The Bertz CT molecular complexity index is 1090.